The van der Waals surface area contributed by atoms with Crippen molar-refractivity contribution in [1.82, 2.24) is 5.32 Å². The average Bonchev–Trinajstić information content (AvgIpc) is 2.46. The van der Waals surface area contributed by atoms with Crippen molar-refractivity contribution >= 4 is 11.8 Å². The van der Waals surface area contributed by atoms with Crippen LogP contribution in [0.2, 0.25) is 0 Å². The predicted molar refractivity (Wildman–Crippen MR) is 74.4 cm³/mol. The molecule has 0 bridgehead atoms. The van der Waals surface area contributed by atoms with Crippen LogP contribution in [0, 0.1) is 34.0 Å². The summed E-state index contributed by atoms with van der Waals surface area (Å²) < 4.78 is 0. The molecular formula is C14H12N4S. The van der Waals surface area contributed by atoms with Gasteiger partial charge in [-0.25, -0.2) is 0 Å². The summed E-state index contributed by atoms with van der Waals surface area (Å²) in [5.74, 6) is 0.541. The first-order chi connectivity index (χ1) is 9.26. The van der Waals surface area contributed by atoms with Crippen LogP contribution in [0.25, 0.3) is 0 Å². The molecule has 0 radical (unpaired) electrons. The molecule has 0 atom stereocenters. The van der Waals surface area contributed by atoms with E-state index in [1.807, 2.05) is 37.3 Å². The maximum atomic E-state index is 9.00. The van der Waals surface area contributed by atoms with E-state index < -0.39 is 0 Å². The Labute approximate surface area is 117 Å². The van der Waals surface area contributed by atoms with Crippen molar-refractivity contribution in [3.05, 3.63) is 46.0 Å². The zero-order valence-corrected chi connectivity index (χ0v) is 11.3. The highest BCUT2D eigenvalue weighted by Crippen LogP contribution is 2.23. The van der Waals surface area contributed by atoms with Gasteiger partial charge >= 0.3 is 0 Å². The van der Waals surface area contributed by atoms with Gasteiger partial charge in [-0.3, -0.25) is 0 Å². The Bertz CT molecular complexity index is 583. The summed E-state index contributed by atoms with van der Waals surface area (Å²) in [6, 6.07) is 13.2. The topological polar surface area (TPSA) is 83.4 Å². The first kappa shape index (κ1) is 14.6. The Morgan fingerprint density at radius 1 is 1.21 bits per heavy atom. The zero-order chi connectivity index (χ0) is 14.1. The molecule has 0 spiro atoms. The molecule has 0 saturated heterocycles. The van der Waals surface area contributed by atoms with Gasteiger partial charge in [-0.15, -0.1) is 11.8 Å². The fourth-order valence-corrected chi connectivity index (χ4v) is 2.44. The number of hydrogen-bond acceptors (Lipinski definition) is 5. The number of nitrogens with one attached hydrogen (secondary N) is 1. The number of benzene rings is 1. The normalized spacial score (nSPS) is 8.74. The molecule has 0 unspecified atom stereocenters. The van der Waals surface area contributed by atoms with Crippen LogP contribution >= 0.6 is 11.8 Å². The lowest BCUT2D eigenvalue weighted by Gasteiger charge is -2.09. The van der Waals surface area contributed by atoms with Gasteiger partial charge in [0.15, 0.2) is 5.57 Å². The number of allylic oxidation sites excluding steroid dienone is 1. The lowest BCUT2D eigenvalue weighted by molar-refractivity contribution is 0.900. The van der Waals surface area contributed by atoms with Gasteiger partial charge in [-0.2, -0.15) is 15.8 Å². The van der Waals surface area contributed by atoms with Crippen molar-refractivity contribution in [3.8, 4) is 18.2 Å². The third kappa shape index (κ3) is 4.07. The van der Waals surface area contributed by atoms with Gasteiger partial charge in [0.1, 0.15) is 12.1 Å². The second kappa shape index (κ2) is 7.82. The standard InChI is InChI=1S/C14H12N4S/c1-2-18-14(13(8-16)9-17)19-10-12-6-4-3-5-11(12)7-15/h3-6,18H,2,10H2,1H3. The third-order valence-electron chi connectivity index (χ3n) is 2.30. The fraction of sp³-hybridized carbons (Fsp3) is 0.214. The van der Waals surface area contributed by atoms with Crippen molar-refractivity contribution in [2.24, 2.45) is 0 Å². The highest BCUT2D eigenvalue weighted by Gasteiger charge is 2.08. The van der Waals surface area contributed by atoms with E-state index in [2.05, 4.69) is 11.4 Å². The van der Waals surface area contributed by atoms with Gasteiger partial charge < -0.3 is 5.32 Å². The zero-order valence-electron chi connectivity index (χ0n) is 10.5. The summed E-state index contributed by atoms with van der Waals surface area (Å²) >= 11 is 1.36. The minimum absolute atomic E-state index is 0.0706. The molecule has 1 rings (SSSR count). The van der Waals surface area contributed by atoms with E-state index >= 15 is 0 Å². The van der Waals surface area contributed by atoms with E-state index in [0.717, 1.165) is 5.56 Å². The predicted octanol–water partition coefficient (Wildman–Crippen LogP) is 2.66. The molecule has 1 aromatic rings. The summed E-state index contributed by atoms with van der Waals surface area (Å²) in [5.41, 5.74) is 1.57. The quantitative estimate of drug-likeness (QED) is 0.830. The summed E-state index contributed by atoms with van der Waals surface area (Å²) in [6.07, 6.45) is 0. The minimum Gasteiger partial charge on any atom is -0.378 e. The molecule has 0 aliphatic carbocycles. The van der Waals surface area contributed by atoms with Crippen LogP contribution in [0.15, 0.2) is 34.9 Å². The van der Waals surface area contributed by atoms with Crippen LogP contribution in [0.3, 0.4) is 0 Å². The van der Waals surface area contributed by atoms with Gasteiger partial charge in [0.2, 0.25) is 0 Å². The molecule has 4 nitrogen and oxygen atoms in total. The van der Waals surface area contributed by atoms with E-state index in [-0.39, 0.29) is 5.57 Å². The van der Waals surface area contributed by atoms with Crippen molar-refractivity contribution in [3.63, 3.8) is 0 Å². The van der Waals surface area contributed by atoms with E-state index in [1.165, 1.54) is 11.8 Å². The average molecular weight is 268 g/mol. The number of nitriles is 3. The molecule has 5 heteroatoms. The number of hydrogen-bond donors (Lipinski definition) is 1. The van der Waals surface area contributed by atoms with Crippen LogP contribution in [0.1, 0.15) is 18.1 Å². The van der Waals surface area contributed by atoms with E-state index in [1.54, 1.807) is 6.07 Å². The van der Waals surface area contributed by atoms with Crippen LogP contribution in [-0.2, 0) is 5.75 Å². The van der Waals surface area contributed by atoms with E-state index in [0.29, 0.717) is 22.9 Å². The van der Waals surface area contributed by atoms with Crippen molar-refractivity contribution in [2.75, 3.05) is 6.54 Å². The molecule has 0 amide bonds. The van der Waals surface area contributed by atoms with Crippen molar-refractivity contribution < 1.29 is 0 Å². The number of nitrogens with zero attached hydrogens (tertiary/aromatic N) is 3. The molecule has 0 aromatic heterocycles. The smallest absolute Gasteiger partial charge is 0.159 e. The summed E-state index contributed by atoms with van der Waals surface area (Å²) in [7, 11) is 0. The van der Waals surface area contributed by atoms with Gasteiger partial charge in [0.05, 0.1) is 16.7 Å². The summed E-state index contributed by atoms with van der Waals surface area (Å²) in [5, 5.41) is 30.3. The maximum absolute atomic E-state index is 9.00. The molecule has 1 aromatic carbocycles. The molecular weight excluding hydrogens is 256 g/mol. The monoisotopic (exact) mass is 268 g/mol. The molecule has 0 aliphatic rings. The second-order valence-electron chi connectivity index (χ2n) is 3.52. The molecule has 0 heterocycles. The van der Waals surface area contributed by atoms with Gasteiger partial charge in [-0.1, -0.05) is 18.2 Å². The minimum atomic E-state index is 0.0706. The largest absolute Gasteiger partial charge is 0.378 e. The maximum Gasteiger partial charge on any atom is 0.159 e. The van der Waals surface area contributed by atoms with E-state index in [4.69, 9.17) is 15.8 Å². The van der Waals surface area contributed by atoms with Crippen molar-refractivity contribution in [1.29, 1.82) is 15.8 Å². The van der Waals surface area contributed by atoms with Gasteiger partial charge in [0, 0.05) is 12.3 Å². The number of rotatable bonds is 5. The van der Waals surface area contributed by atoms with Crippen molar-refractivity contribution in [2.45, 2.75) is 12.7 Å². The van der Waals surface area contributed by atoms with Gasteiger partial charge in [0.25, 0.3) is 0 Å². The SMILES string of the molecule is CCNC(SCc1ccccc1C#N)=C(C#N)C#N. The molecule has 0 saturated carbocycles. The summed E-state index contributed by atoms with van der Waals surface area (Å²) in [6.45, 7) is 2.53. The Morgan fingerprint density at radius 3 is 2.47 bits per heavy atom. The molecule has 19 heavy (non-hydrogen) atoms. The van der Waals surface area contributed by atoms with E-state index in [9.17, 15) is 0 Å². The lowest BCUT2D eigenvalue weighted by atomic mass is 10.1. The number of thioether (sulfide) groups is 1. The summed E-state index contributed by atoms with van der Waals surface area (Å²) in [4.78, 5) is 0. The van der Waals surface area contributed by atoms with Gasteiger partial charge in [-0.05, 0) is 18.6 Å². The highest BCUT2D eigenvalue weighted by atomic mass is 32.2. The van der Waals surface area contributed by atoms with Crippen LogP contribution in [-0.4, -0.2) is 6.54 Å². The molecule has 94 valence electrons. The molecule has 0 aliphatic heterocycles. The first-order valence-electron chi connectivity index (χ1n) is 5.66. The fourth-order valence-electron chi connectivity index (χ4n) is 1.40. The van der Waals surface area contributed by atoms with Crippen LogP contribution in [0.5, 0.6) is 0 Å². The lowest BCUT2D eigenvalue weighted by Crippen LogP contribution is -2.11. The third-order valence-corrected chi connectivity index (χ3v) is 3.39. The van der Waals surface area contributed by atoms with Crippen LogP contribution < -0.4 is 5.32 Å². The highest BCUT2D eigenvalue weighted by molar-refractivity contribution is 8.02. The Morgan fingerprint density at radius 2 is 1.89 bits per heavy atom. The molecule has 1 N–H and O–H groups in total. The Balaban J connectivity index is 2.91. The Kier molecular flexibility index (Phi) is 6.03. The van der Waals surface area contributed by atoms with Crippen LogP contribution in [0.4, 0.5) is 0 Å². The molecule has 0 fully saturated rings. The Hall–Kier alpha value is -2.42. The second-order valence-corrected chi connectivity index (χ2v) is 4.50. The first-order valence-corrected chi connectivity index (χ1v) is 6.64.